The standard InChI is InChI=1S/C23H24F7NO3/c24-16-7-9-17(10-8-16)33-18-5-1-3-14(11-18)21(31-13-20(32)22(25,26)27)15-4-2-6-19(12-15)34-23(28,29)30/h1,3,5,7-11,15,19-21,31-32H,2,4,6,12-13H2. The Morgan fingerprint density at radius 2 is 1.68 bits per heavy atom. The first-order valence-corrected chi connectivity index (χ1v) is 10.7. The van der Waals surface area contributed by atoms with Crippen molar-refractivity contribution in [1.82, 2.24) is 5.32 Å². The molecule has 4 nitrogen and oxygen atoms in total. The van der Waals surface area contributed by atoms with Crippen LogP contribution in [0.4, 0.5) is 30.7 Å². The van der Waals surface area contributed by atoms with Crippen LogP contribution < -0.4 is 10.1 Å². The normalized spacial score (nSPS) is 21.2. The van der Waals surface area contributed by atoms with Crippen molar-refractivity contribution in [3.63, 3.8) is 0 Å². The summed E-state index contributed by atoms with van der Waals surface area (Å²) in [5, 5.41) is 12.1. The first-order valence-electron chi connectivity index (χ1n) is 10.7. The third-order valence-electron chi connectivity index (χ3n) is 5.61. The van der Waals surface area contributed by atoms with E-state index in [-0.39, 0.29) is 12.8 Å². The molecule has 1 aliphatic carbocycles. The Morgan fingerprint density at radius 1 is 0.971 bits per heavy atom. The Hall–Kier alpha value is -2.37. The van der Waals surface area contributed by atoms with Gasteiger partial charge in [0.25, 0.3) is 0 Å². The Balaban J connectivity index is 1.82. The van der Waals surface area contributed by atoms with Gasteiger partial charge in [0.05, 0.1) is 6.10 Å². The summed E-state index contributed by atoms with van der Waals surface area (Å²) in [6, 6.07) is 10.7. The van der Waals surface area contributed by atoms with Crippen LogP contribution in [0.1, 0.15) is 37.3 Å². The maximum Gasteiger partial charge on any atom is 0.522 e. The van der Waals surface area contributed by atoms with Crippen LogP contribution in [-0.4, -0.2) is 36.4 Å². The third kappa shape index (κ3) is 7.85. The monoisotopic (exact) mass is 495 g/mol. The molecule has 0 radical (unpaired) electrons. The minimum Gasteiger partial charge on any atom is -0.457 e. The molecular weight excluding hydrogens is 471 g/mol. The number of halogens is 7. The lowest BCUT2D eigenvalue weighted by Crippen LogP contribution is -2.42. The second-order valence-electron chi connectivity index (χ2n) is 8.18. The van der Waals surface area contributed by atoms with E-state index in [0.717, 1.165) is 0 Å². The molecule has 11 heteroatoms. The predicted octanol–water partition coefficient (Wildman–Crippen LogP) is 6.27. The van der Waals surface area contributed by atoms with E-state index in [1.165, 1.54) is 24.3 Å². The fourth-order valence-electron chi connectivity index (χ4n) is 4.10. The first-order chi connectivity index (χ1) is 15.9. The lowest BCUT2D eigenvalue weighted by Gasteiger charge is -2.36. The minimum absolute atomic E-state index is 0.0255. The third-order valence-corrected chi connectivity index (χ3v) is 5.61. The zero-order chi connectivity index (χ0) is 24.9. The van der Waals surface area contributed by atoms with Gasteiger partial charge >= 0.3 is 12.5 Å². The van der Waals surface area contributed by atoms with E-state index < -0.39 is 49.1 Å². The van der Waals surface area contributed by atoms with Gasteiger partial charge < -0.3 is 15.2 Å². The van der Waals surface area contributed by atoms with Crippen molar-refractivity contribution >= 4 is 0 Å². The number of hydrogen-bond donors (Lipinski definition) is 2. The highest BCUT2D eigenvalue weighted by Gasteiger charge is 2.40. The largest absolute Gasteiger partial charge is 0.522 e. The quantitative estimate of drug-likeness (QED) is 0.424. The molecular formula is C23H24F7NO3. The van der Waals surface area contributed by atoms with Gasteiger partial charge in [-0.2, -0.15) is 13.2 Å². The van der Waals surface area contributed by atoms with Gasteiger partial charge in [0.2, 0.25) is 0 Å². The highest BCUT2D eigenvalue weighted by atomic mass is 19.4. The van der Waals surface area contributed by atoms with Crippen LogP contribution in [0.5, 0.6) is 11.5 Å². The van der Waals surface area contributed by atoms with Gasteiger partial charge in [0, 0.05) is 12.6 Å². The molecule has 2 aromatic rings. The number of aliphatic hydroxyl groups is 1. The molecule has 4 atom stereocenters. The van der Waals surface area contributed by atoms with E-state index in [0.29, 0.717) is 29.9 Å². The molecule has 0 aliphatic heterocycles. The van der Waals surface area contributed by atoms with Gasteiger partial charge in [-0.25, -0.2) is 4.39 Å². The van der Waals surface area contributed by atoms with Gasteiger partial charge in [0.15, 0.2) is 6.10 Å². The number of rotatable bonds is 8. The van der Waals surface area contributed by atoms with Crippen molar-refractivity contribution < 1.29 is 45.3 Å². The smallest absolute Gasteiger partial charge is 0.457 e. The van der Waals surface area contributed by atoms with Crippen LogP contribution in [-0.2, 0) is 4.74 Å². The van der Waals surface area contributed by atoms with Crippen LogP contribution >= 0.6 is 0 Å². The molecule has 0 bridgehead atoms. The minimum atomic E-state index is -4.85. The number of nitrogens with one attached hydrogen (secondary N) is 1. The van der Waals surface area contributed by atoms with Crippen LogP contribution in [0.2, 0.25) is 0 Å². The van der Waals surface area contributed by atoms with E-state index in [1.54, 1.807) is 24.3 Å². The zero-order valence-corrected chi connectivity index (χ0v) is 17.9. The summed E-state index contributed by atoms with van der Waals surface area (Å²) in [5.41, 5.74) is 0.478. The van der Waals surface area contributed by atoms with Crippen molar-refractivity contribution in [2.45, 2.75) is 56.5 Å². The molecule has 34 heavy (non-hydrogen) atoms. The molecule has 188 valence electrons. The molecule has 0 spiro atoms. The molecule has 1 saturated carbocycles. The average molecular weight is 495 g/mol. The Kier molecular flexibility index (Phi) is 8.43. The zero-order valence-electron chi connectivity index (χ0n) is 17.9. The van der Waals surface area contributed by atoms with Crippen LogP contribution in [0.3, 0.4) is 0 Å². The van der Waals surface area contributed by atoms with Crippen LogP contribution in [0.25, 0.3) is 0 Å². The fourth-order valence-corrected chi connectivity index (χ4v) is 4.10. The van der Waals surface area contributed by atoms with Crippen LogP contribution in [0, 0.1) is 11.7 Å². The fraction of sp³-hybridized carbons (Fsp3) is 0.478. The van der Waals surface area contributed by atoms with Crippen molar-refractivity contribution in [1.29, 1.82) is 0 Å². The lowest BCUT2D eigenvalue weighted by molar-refractivity contribution is -0.346. The number of ether oxygens (including phenoxy) is 2. The number of benzene rings is 2. The molecule has 0 saturated heterocycles. The Morgan fingerprint density at radius 3 is 2.32 bits per heavy atom. The number of hydrogen-bond acceptors (Lipinski definition) is 4. The second kappa shape index (κ2) is 10.9. The molecule has 0 amide bonds. The molecule has 1 aliphatic rings. The highest BCUT2D eigenvalue weighted by molar-refractivity contribution is 5.35. The van der Waals surface area contributed by atoms with Crippen molar-refractivity contribution in [2.24, 2.45) is 5.92 Å². The van der Waals surface area contributed by atoms with E-state index in [1.807, 2.05) is 0 Å². The summed E-state index contributed by atoms with van der Waals surface area (Å²) in [4.78, 5) is 0. The maximum atomic E-state index is 13.1. The van der Waals surface area contributed by atoms with Gasteiger partial charge in [-0.1, -0.05) is 18.6 Å². The van der Waals surface area contributed by atoms with Gasteiger partial charge in [-0.3, -0.25) is 4.74 Å². The van der Waals surface area contributed by atoms with Crippen LogP contribution in [0.15, 0.2) is 48.5 Å². The topological polar surface area (TPSA) is 50.7 Å². The second-order valence-corrected chi connectivity index (χ2v) is 8.18. The van der Waals surface area contributed by atoms with Crippen molar-refractivity contribution in [3.05, 3.63) is 59.9 Å². The molecule has 1 fully saturated rings. The summed E-state index contributed by atoms with van der Waals surface area (Å²) in [7, 11) is 0. The molecule has 3 rings (SSSR count). The Labute approximate surface area is 191 Å². The molecule has 0 aromatic heterocycles. The SMILES string of the molecule is OC(CNC(c1cccc(Oc2ccc(F)cc2)c1)C1CCCC(OC(F)(F)F)C1)C(F)(F)F. The molecule has 2 aromatic carbocycles. The van der Waals surface area contributed by atoms with Crippen molar-refractivity contribution in [2.75, 3.05) is 6.54 Å². The maximum absolute atomic E-state index is 13.1. The first kappa shape index (κ1) is 26.2. The summed E-state index contributed by atoms with van der Waals surface area (Å²) in [6.45, 7) is -0.835. The predicted molar refractivity (Wildman–Crippen MR) is 109 cm³/mol. The van der Waals surface area contributed by atoms with E-state index in [9.17, 15) is 35.8 Å². The Bertz CT molecular complexity index is 918. The van der Waals surface area contributed by atoms with Gasteiger partial charge in [-0.15, -0.1) is 13.2 Å². The van der Waals surface area contributed by atoms with Crippen molar-refractivity contribution in [3.8, 4) is 11.5 Å². The van der Waals surface area contributed by atoms with E-state index in [2.05, 4.69) is 10.1 Å². The summed E-state index contributed by atoms with van der Waals surface area (Å²) < 4.78 is 99.7. The van der Waals surface area contributed by atoms with E-state index >= 15 is 0 Å². The van der Waals surface area contributed by atoms with Gasteiger partial charge in [-0.05, 0) is 67.1 Å². The number of alkyl halides is 6. The van der Waals surface area contributed by atoms with Gasteiger partial charge in [0.1, 0.15) is 17.3 Å². The molecule has 0 heterocycles. The molecule has 4 unspecified atom stereocenters. The number of aliphatic hydroxyl groups excluding tert-OH is 1. The van der Waals surface area contributed by atoms with E-state index in [4.69, 9.17) is 4.74 Å². The summed E-state index contributed by atoms with van der Waals surface area (Å²) in [5.74, 6) is -0.304. The summed E-state index contributed by atoms with van der Waals surface area (Å²) >= 11 is 0. The summed E-state index contributed by atoms with van der Waals surface area (Å²) in [6.07, 6.45) is -12.4. The highest BCUT2D eigenvalue weighted by Crippen LogP contribution is 2.39. The lowest BCUT2D eigenvalue weighted by atomic mass is 9.79. The molecule has 2 N–H and O–H groups in total. The average Bonchev–Trinajstić information content (AvgIpc) is 2.74.